The van der Waals surface area contributed by atoms with Crippen molar-refractivity contribution >= 4 is 17.2 Å². The van der Waals surface area contributed by atoms with Crippen molar-refractivity contribution in [2.75, 3.05) is 6.61 Å². The fourth-order valence-corrected chi connectivity index (χ4v) is 2.81. The number of aromatic nitrogens is 1. The number of hydrogen-bond donors (Lipinski definition) is 0. The van der Waals surface area contributed by atoms with Gasteiger partial charge in [-0.05, 0) is 36.2 Å². The Bertz CT molecular complexity index is 821. The summed E-state index contributed by atoms with van der Waals surface area (Å²) in [6.07, 6.45) is 3.66. The quantitative estimate of drug-likeness (QED) is 0.638. The highest BCUT2D eigenvalue weighted by Crippen LogP contribution is 2.24. The minimum atomic E-state index is -0.281. The first-order valence-electron chi connectivity index (χ1n) is 7.67. The second kappa shape index (κ2) is 6.65. The van der Waals surface area contributed by atoms with E-state index in [1.54, 1.807) is 12.1 Å². The monoisotopic (exact) mass is 311 g/mol. The average Bonchev–Trinajstić information content (AvgIpc) is 2.95. The van der Waals surface area contributed by atoms with Crippen LogP contribution in [0.5, 0.6) is 5.75 Å². The van der Waals surface area contributed by atoms with E-state index in [4.69, 9.17) is 4.74 Å². The summed E-state index contributed by atoms with van der Waals surface area (Å²) < 4.78 is 20.6. The summed E-state index contributed by atoms with van der Waals surface area (Å²) in [5, 5.41) is 0.973. The number of aldehydes is 1. The van der Waals surface area contributed by atoms with Gasteiger partial charge in [-0.2, -0.15) is 0 Å². The molecule has 23 heavy (non-hydrogen) atoms. The number of para-hydroxylation sites is 1. The van der Waals surface area contributed by atoms with Gasteiger partial charge in [0.1, 0.15) is 18.2 Å². The lowest BCUT2D eigenvalue weighted by Gasteiger charge is -2.10. The smallest absolute Gasteiger partial charge is 0.152 e. The van der Waals surface area contributed by atoms with Gasteiger partial charge in [0.2, 0.25) is 0 Å². The average molecular weight is 311 g/mol. The maximum Gasteiger partial charge on any atom is 0.152 e. The Kier molecular flexibility index (Phi) is 4.42. The zero-order valence-corrected chi connectivity index (χ0v) is 13.0. The Hall–Kier alpha value is -2.62. The third kappa shape index (κ3) is 3.11. The van der Waals surface area contributed by atoms with Gasteiger partial charge in [0, 0.05) is 17.1 Å². The summed E-state index contributed by atoms with van der Waals surface area (Å²) in [7, 11) is 0. The molecule has 0 unspecified atom stereocenters. The Morgan fingerprint density at radius 2 is 1.96 bits per heavy atom. The topological polar surface area (TPSA) is 31.2 Å². The highest BCUT2D eigenvalue weighted by atomic mass is 19.1. The molecule has 0 saturated carbocycles. The zero-order chi connectivity index (χ0) is 16.2. The molecule has 0 fully saturated rings. The molecule has 0 spiro atoms. The van der Waals surface area contributed by atoms with E-state index in [2.05, 4.69) is 17.6 Å². The van der Waals surface area contributed by atoms with Gasteiger partial charge in [0.05, 0.1) is 12.1 Å². The lowest BCUT2D eigenvalue weighted by molar-refractivity contribution is 0.112. The van der Waals surface area contributed by atoms with Crippen molar-refractivity contribution in [3.8, 4) is 5.75 Å². The molecular weight excluding hydrogens is 293 g/mol. The van der Waals surface area contributed by atoms with E-state index >= 15 is 0 Å². The molecule has 3 nitrogen and oxygen atoms in total. The summed E-state index contributed by atoms with van der Waals surface area (Å²) in [5.41, 5.74) is 2.98. The SMILES string of the molecule is CCc1cccc2c(C=O)cn(CCOc3ccc(F)cc3)c12. The van der Waals surface area contributed by atoms with Gasteiger partial charge in [-0.3, -0.25) is 4.79 Å². The molecule has 2 aromatic carbocycles. The molecule has 1 aromatic heterocycles. The predicted octanol–water partition coefficient (Wildman–Crippen LogP) is 4.23. The number of benzene rings is 2. The molecule has 0 aliphatic carbocycles. The number of rotatable bonds is 6. The van der Waals surface area contributed by atoms with Crippen LogP contribution < -0.4 is 4.74 Å². The fourth-order valence-electron chi connectivity index (χ4n) is 2.81. The summed E-state index contributed by atoms with van der Waals surface area (Å²) >= 11 is 0. The molecule has 1 heterocycles. The second-order valence-electron chi connectivity index (χ2n) is 5.36. The van der Waals surface area contributed by atoms with Crippen molar-refractivity contribution in [2.24, 2.45) is 0 Å². The van der Waals surface area contributed by atoms with E-state index in [1.165, 1.54) is 17.7 Å². The van der Waals surface area contributed by atoms with Gasteiger partial charge in [0.25, 0.3) is 0 Å². The molecule has 0 aliphatic rings. The van der Waals surface area contributed by atoms with Crippen molar-refractivity contribution < 1.29 is 13.9 Å². The standard InChI is InChI=1S/C19H18FNO2/c1-2-14-4-3-5-18-15(13-22)12-21(19(14)18)10-11-23-17-8-6-16(20)7-9-17/h3-9,12-13H,2,10-11H2,1H3. The van der Waals surface area contributed by atoms with Crippen LogP contribution in [-0.2, 0) is 13.0 Å². The molecule has 0 aliphatic heterocycles. The summed E-state index contributed by atoms with van der Waals surface area (Å²) in [4.78, 5) is 11.3. The number of ether oxygens (including phenoxy) is 1. The molecule has 4 heteroatoms. The van der Waals surface area contributed by atoms with E-state index in [0.717, 1.165) is 23.6 Å². The van der Waals surface area contributed by atoms with Crippen LogP contribution in [0.4, 0.5) is 4.39 Å². The third-order valence-electron chi connectivity index (χ3n) is 3.94. The van der Waals surface area contributed by atoms with Crippen LogP contribution in [0, 0.1) is 5.82 Å². The van der Waals surface area contributed by atoms with E-state index in [9.17, 15) is 9.18 Å². The molecule has 0 bridgehead atoms. The van der Waals surface area contributed by atoms with E-state index in [0.29, 0.717) is 24.5 Å². The van der Waals surface area contributed by atoms with Gasteiger partial charge < -0.3 is 9.30 Å². The molecule has 0 amide bonds. The van der Waals surface area contributed by atoms with Gasteiger partial charge in [-0.25, -0.2) is 4.39 Å². The van der Waals surface area contributed by atoms with Gasteiger partial charge in [0.15, 0.2) is 6.29 Å². The van der Waals surface area contributed by atoms with Gasteiger partial charge in [-0.1, -0.05) is 25.1 Å². The largest absolute Gasteiger partial charge is 0.492 e. The second-order valence-corrected chi connectivity index (χ2v) is 5.36. The fraction of sp³-hybridized carbons (Fsp3) is 0.211. The van der Waals surface area contributed by atoms with Crippen molar-refractivity contribution in [1.29, 1.82) is 0 Å². The summed E-state index contributed by atoms with van der Waals surface area (Å²) in [5.74, 6) is 0.353. The lowest BCUT2D eigenvalue weighted by Crippen LogP contribution is -2.08. The maximum atomic E-state index is 12.9. The summed E-state index contributed by atoms with van der Waals surface area (Å²) in [6.45, 7) is 3.17. The van der Waals surface area contributed by atoms with Crippen LogP contribution in [0.1, 0.15) is 22.8 Å². The normalized spacial score (nSPS) is 10.9. The minimum absolute atomic E-state index is 0.281. The number of halogens is 1. The van der Waals surface area contributed by atoms with Crippen LogP contribution in [0.3, 0.4) is 0 Å². The van der Waals surface area contributed by atoms with E-state index in [-0.39, 0.29) is 5.82 Å². The molecule has 0 saturated heterocycles. The van der Waals surface area contributed by atoms with Crippen LogP contribution in [-0.4, -0.2) is 17.5 Å². The predicted molar refractivity (Wildman–Crippen MR) is 88.6 cm³/mol. The van der Waals surface area contributed by atoms with Crippen molar-refractivity contribution in [2.45, 2.75) is 19.9 Å². The minimum Gasteiger partial charge on any atom is -0.492 e. The molecule has 0 atom stereocenters. The maximum absolute atomic E-state index is 12.9. The first-order chi connectivity index (χ1) is 11.2. The van der Waals surface area contributed by atoms with Crippen LogP contribution in [0.15, 0.2) is 48.7 Å². The Balaban J connectivity index is 1.82. The first kappa shape index (κ1) is 15.3. The number of carbonyl (C=O) groups excluding carboxylic acids is 1. The molecule has 3 aromatic rings. The first-order valence-corrected chi connectivity index (χ1v) is 7.67. The van der Waals surface area contributed by atoms with Crippen LogP contribution in [0.25, 0.3) is 10.9 Å². The zero-order valence-electron chi connectivity index (χ0n) is 13.0. The molecule has 3 rings (SSSR count). The lowest BCUT2D eigenvalue weighted by atomic mass is 10.1. The molecule has 0 radical (unpaired) electrons. The van der Waals surface area contributed by atoms with Crippen molar-refractivity contribution in [1.82, 2.24) is 4.57 Å². The molecular formula is C19H18FNO2. The van der Waals surface area contributed by atoms with Gasteiger partial charge in [-0.15, -0.1) is 0 Å². The number of hydrogen-bond acceptors (Lipinski definition) is 2. The molecule has 118 valence electrons. The highest BCUT2D eigenvalue weighted by molar-refractivity contribution is 5.98. The number of aryl methyl sites for hydroxylation is 1. The van der Waals surface area contributed by atoms with Gasteiger partial charge >= 0.3 is 0 Å². The number of carbonyl (C=O) groups is 1. The third-order valence-corrected chi connectivity index (χ3v) is 3.94. The van der Waals surface area contributed by atoms with Crippen LogP contribution in [0.2, 0.25) is 0 Å². The molecule has 0 N–H and O–H groups in total. The number of fused-ring (bicyclic) bond motifs is 1. The highest BCUT2D eigenvalue weighted by Gasteiger charge is 2.11. The van der Waals surface area contributed by atoms with Crippen molar-refractivity contribution in [3.63, 3.8) is 0 Å². The van der Waals surface area contributed by atoms with E-state index in [1.807, 2.05) is 18.3 Å². The van der Waals surface area contributed by atoms with Crippen molar-refractivity contribution in [3.05, 3.63) is 65.6 Å². The Morgan fingerprint density at radius 1 is 1.17 bits per heavy atom. The Labute approximate surface area is 134 Å². The van der Waals surface area contributed by atoms with E-state index < -0.39 is 0 Å². The van der Waals surface area contributed by atoms with Crippen LogP contribution >= 0.6 is 0 Å². The summed E-state index contributed by atoms with van der Waals surface area (Å²) in [6, 6.07) is 12.0. The number of nitrogens with zero attached hydrogens (tertiary/aromatic N) is 1. The Morgan fingerprint density at radius 3 is 2.65 bits per heavy atom.